The van der Waals surface area contributed by atoms with E-state index in [9.17, 15) is 0 Å². The van der Waals surface area contributed by atoms with Crippen molar-refractivity contribution in [1.82, 2.24) is 15.0 Å². The number of hydrogen-bond acceptors (Lipinski definition) is 6. The maximum Gasteiger partial charge on any atom is 0.138 e. The number of nitrogens with zero attached hydrogens (tertiary/aromatic N) is 3. The van der Waals surface area contributed by atoms with Crippen LogP contribution in [0.25, 0.3) is 11.6 Å². The highest BCUT2D eigenvalue weighted by Gasteiger charge is 2.10. The lowest BCUT2D eigenvalue weighted by Gasteiger charge is -2.15. The minimum Gasteiger partial charge on any atom is -0.490 e. The van der Waals surface area contributed by atoms with Crippen LogP contribution in [-0.4, -0.2) is 34.2 Å². The van der Waals surface area contributed by atoms with Crippen molar-refractivity contribution < 1.29 is 9.47 Å². The Labute approximate surface area is 205 Å². The fourth-order valence-corrected chi connectivity index (χ4v) is 3.29. The van der Waals surface area contributed by atoms with Gasteiger partial charge in [-0.15, -0.1) is 12.4 Å². The zero-order chi connectivity index (χ0) is 22.7. The van der Waals surface area contributed by atoms with Crippen molar-refractivity contribution in [3.05, 3.63) is 120 Å². The molecule has 7 heteroatoms. The van der Waals surface area contributed by atoms with Gasteiger partial charge in [0.05, 0.1) is 25.5 Å². The molecule has 174 valence electrons. The van der Waals surface area contributed by atoms with Gasteiger partial charge in [0.2, 0.25) is 0 Å². The quantitative estimate of drug-likeness (QED) is 0.355. The van der Waals surface area contributed by atoms with E-state index in [0.717, 1.165) is 27.8 Å². The van der Waals surface area contributed by atoms with Crippen molar-refractivity contribution in [1.29, 1.82) is 0 Å². The van der Waals surface area contributed by atoms with Gasteiger partial charge < -0.3 is 15.2 Å². The maximum atomic E-state index is 6.18. The van der Waals surface area contributed by atoms with Gasteiger partial charge in [0.1, 0.15) is 12.4 Å². The molecule has 2 N–H and O–H groups in total. The maximum absolute atomic E-state index is 6.18. The fourth-order valence-electron chi connectivity index (χ4n) is 3.29. The Bertz CT molecular complexity index is 1160. The van der Waals surface area contributed by atoms with Crippen LogP contribution < -0.4 is 10.5 Å². The predicted molar refractivity (Wildman–Crippen MR) is 137 cm³/mol. The molecule has 4 aromatic rings. The van der Waals surface area contributed by atoms with Gasteiger partial charge in [0.25, 0.3) is 0 Å². The second kappa shape index (κ2) is 13.2. The number of halogens is 1. The van der Waals surface area contributed by atoms with E-state index in [0.29, 0.717) is 25.6 Å². The largest absolute Gasteiger partial charge is 0.490 e. The van der Waals surface area contributed by atoms with E-state index >= 15 is 0 Å². The summed E-state index contributed by atoms with van der Waals surface area (Å²) in [6.07, 6.45) is 12.7. The van der Waals surface area contributed by atoms with E-state index in [2.05, 4.69) is 21.0 Å². The molecule has 34 heavy (non-hydrogen) atoms. The van der Waals surface area contributed by atoms with Crippen LogP contribution >= 0.6 is 12.4 Å². The van der Waals surface area contributed by atoms with Crippen molar-refractivity contribution in [2.45, 2.75) is 12.6 Å². The summed E-state index contributed by atoms with van der Waals surface area (Å²) in [4.78, 5) is 12.6. The molecule has 1 atom stereocenters. The standard InChI is InChI=1S/C27H26N4O2.ClH/c28-25(19-32-18-22-4-2-1-3-5-22)20-33-26-15-24(16-31-17-26)27(23-8-12-30-13-9-23)14-21-6-10-29-11-7-21;/h1-17,25H,18-20,28H2;1H. The van der Waals surface area contributed by atoms with Crippen LogP contribution in [0.15, 0.2) is 97.8 Å². The molecule has 0 spiro atoms. The summed E-state index contributed by atoms with van der Waals surface area (Å²) in [7, 11) is 0. The number of benzene rings is 1. The molecule has 3 aromatic heterocycles. The van der Waals surface area contributed by atoms with Crippen LogP contribution in [0.3, 0.4) is 0 Å². The number of rotatable bonds is 10. The first-order valence-corrected chi connectivity index (χ1v) is 10.8. The van der Waals surface area contributed by atoms with Gasteiger partial charge in [-0.25, -0.2) is 0 Å². The van der Waals surface area contributed by atoms with Gasteiger partial charge in [-0.3, -0.25) is 15.0 Å². The van der Waals surface area contributed by atoms with Crippen LogP contribution in [0.5, 0.6) is 5.75 Å². The summed E-state index contributed by atoms with van der Waals surface area (Å²) in [5, 5.41) is 0. The predicted octanol–water partition coefficient (Wildman–Crippen LogP) is 4.81. The zero-order valence-electron chi connectivity index (χ0n) is 18.7. The molecule has 0 bridgehead atoms. The Kier molecular flexibility index (Phi) is 9.73. The van der Waals surface area contributed by atoms with E-state index < -0.39 is 0 Å². The summed E-state index contributed by atoms with van der Waals surface area (Å²) in [5.41, 5.74) is 11.3. The molecule has 1 unspecified atom stereocenters. The minimum absolute atomic E-state index is 0. The van der Waals surface area contributed by atoms with Crippen molar-refractivity contribution in [3.8, 4) is 5.75 Å². The SMILES string of the molecule is Cl.NC(COCc1ccccc1)COc1cncc(C(=Cc2ccncc2)c2ccncc2)c1. The summed E-state index contributed by atoms with van der Waals surface area (Å²) in [6.45, 7) is 1.27. The second-order valence-electron chi connectivity index (χ2n) is 7.56. The van der Waals surface area contributed by atoms with Gasteiger partial charge in [0, 0.05) is 36.5 Å². The lowest BCUT2D eigenvalue weighted by atomic mass is 9.98. The summed E-state index contributed by atoms with van der Waals surface area (Å²) >= 11 is 0. The van der Waals surface area contributed by atoms with Gasteiger partial charge in [0.15, 0.2) is 0 Å². The van der Waals surface area contributed by atoms with Crippen LogP contribution in [0.1, 0.15) is 22.3 Å². The average molecular weight is 475 g/mol. The van der Waals surface area contributed by atoms with E-state index in [1.165, 1.54) is 0 Å². The molecule has 0 aliphatic carbocycles. The molecule has 0 saturated heterocycles. The first kappa shape index (κ1) is 25.1. The third-order valence-corrected chi connectivity index (χ3v) is 4.94. The van der Waals surface area contributed by atoms with Crippen molar-refractivity contribution >= 4 is 24.1 Å². The van der Waals surface area contributed by atoms with Crippen LogP contribution in [0.2, 0.25) is 0 Å². The minimum atomic E-state index is -0.246. The Balaban J connectivity index is 0.00000324. The third-order valence-electron chi connectivity index (χ3n) is 4.94. The van der Waals surface area contributed by atoms with Gasteiger partial charge in [-0.1, -0.05) is 30.3 Å². The Morgan fingerprint density at radius 2 is 1.53 bits per heavy atom. The number of aromatic nitrogens is 3. The van der Waals surface area contributed by atoms with Crippen LogP contribution in [0.4, 0.5) is 0 Å². The van der Waals surface area contributed by atoms with Gasteiger partial charge in [-0.05, 0) is 58.7 Å². The molecule has 1 aromatic carbocycles. The van der Waals surface area contributed by atoms with E-state index in [1.807, 2.05) is 66.9 Å². The molecule has 0 aliphatic heterocycles. The highest BCUT2D eigenvalue weighted by Crippen LogP contribution is 2.27. The first-order valence-electron chi connectivity index (χ1n) is 10.8. The van der Waals surface area contributed by atoms with E-state index in [4.69, 9.17) is 15.2 Å². The van der Waals surface area contributed by atoms with Crippen LogP contribution in [-0.2, 0) is 11.3 Å². The molecule has 4 rings (SSSR count). The van der Waals surface area contributed by atoms with Crippen LogP contribution in [0, 0.1) is 0 Å². The normalized spacial score (nSPS) is 12.0. The fraction of sp³-hybridized carbons (Fsp3) is 0.148. The third kappa shape index (κ3) is 7.49. The van der Waals surface area contributed by atoms with E-state index in [-0.39, 0.29) is 18.4 Å². The average Bonchev–Trinajstić information content (AvgIpc) is 2.88. The Hall–Kier alpha value is -3.58. The molecule has 0 aliphatic rings. The van der Waals surface area contributed by atoms with Gasteiger partial charge >= 0.3 is 0 Å². The Morgan fingerprint density at radius 1 is 0.824 bits per heavy atom. The topological polar surface area (TPSA) is 83.2 Å². The van der Waals surface area contributed by atoms with Crippen molar-refractivity contribution in [3.63, 3.8) is 0 Å². The Morgan fingerprint density at radius 3 is 2.26 bits per heavy atom. The molecular formula is C27H27ClN4O2. The molecule has 0 amide bonds. The van der Waals surface area contributed by atoms with Crippen molar-refractivity contribution in [2.75, 3.05) is 13.2 Å². The lowest BCUT2D eigenvalue weighted by Crippen LogP contribution is -2.32. The lowest BCUT2D eigenvalue weighted by molar-refractivity contribution is 0.0935. The number of nitrogens with two attached hydrogens (primary N) is 1. The number of hydrogen-bond donors (Lipinski definition) is 1. The highest BCUT2D eigenvalue weighted by molar-refractivity contribution is 5.91. The van der Waals surface area contributed by atoms with E-state index in [1.54, 1.807) is 31.0 Å². The molecule has 6 nitrogen and oxygen atoms in total. The number of pyridine rings is 3. The summed E-state index contributed by atoms with van der Waals surface area (Å²) in [5.74, 6) is 0.653. The molecule has 3 heterocycles. The zero-order valence-corrected chi connectivity index (χ0v) is 19.5. The summed E-state index contributed by atoms with van der Waals surface area (Å²) < 4.78 is 11.6. The molecular weight excluding hydrogens is 448 g/mol. The molecule has 0 fully saturated rings. The summed E-state index contributed by atoms with van der Waals surface area (Å²) in [6, 6.07) is 19.6. The molecule has 0 radical (unpaired) electrons. The monoisotopic (exact) mass is 474 g/mol. The smallest absolute Gasteiger partial charge is 0.138 e. The first-order chi connectivity index (χ1) is 16.3. The second-order valence-corrected chi connectivity index (χ2v) is 7.56. The highest BCUT2D eigenvalue weighted by atomic mass is 35.5. The van der Waals surface area contributed by atoms with Gasteiger partial charge in [-0.2, -0.15) is 0 Å². The number of ether oxygens (including phenoxy) is 2. The molecule has 0 saturated carbocycles. The van der Waals surface area contributed by atoms with Crippen molar-refractivity contribution in [2.24, 2.45) is 5.73 Å².